The van der Waals surface area contributed by atoms with Crippen LogP contribution in [0.3, 0.4) is 0 Å². The van der Waals surface area contributed by atoms with E-state index in [2.05, 4.69) is 0 Å². The highest BCUT2D eigenvalue weighted by molar-refractivity contribution is 7.89. The van der Waals surface area contributed by atoms with Crippen LogP contribution < -0.4 is 15.2 Å². The van der Waals surface area contributed by atoms with Gasteiger partial charge in [0.25, 0.3) is 0 Å². The molecule has 1 saturated heterocycles. The van der Waals surface area contributed by atoms with Crippen LogP contribution in [-0.2, 0) is 14.8 Å². The van der Waals surface area contributed by atoms with E-state index in [0.29, 0.717) is 37.6 Å². The van der Waals surface area contributed by atoms with Crippen LogP contribution in [0.25, 0.3) is 0 Å². The quantitative estimate of drug-likeness (QED) is 0.787. The lowest BCUT2D eigenvalue weighted by atomic mass is 9.98. The van der Waals surface area contributed by atoms with Gasteiger partial charge in [-0.15, -0.1) is 0 Å². The second-order valence-electron chi connectivity index (χ2n) is 6.01. The Hall–Kier alpha value is -1.80. The number of nitrogens with two attached hydrogens (primary N) is 1. The molecule has 1 amide bonds. The van der Waals surface area contributed by atoms with Crippen LogP contribution in [0.15, 0.2) is 17.0 Å². The van der Waals surface area contributed by atoms with Gasteiger partial charge in [0, 0.05) is 25.1 Å². The van der Waals surface area contributed by atoms with Crippen molar-refractivity contribution in [1.29, 1.82) is 0 Å². The second kappa shape index (κ2) is 8.05. The Bertz CT molecular complexity index is 725. The highest BCUT2D eigenvalue weighted by Crippen LogP contribution is 2.35. The van der Waals surface area contributed by atoms with Gasteiger partial charge in [-0.2, -0.15) is 4.31 Å². The molecule has 0 unspecified atom stereocenters. The summed E-state index contributed by atoms with van der Waals surface area (Å²) in [7, 11) is -3.75. The molecule has 1 aliphatic heterocycles. The number of piperidine rings is 1. The van der Waals surface area contributed by atoms with Gasteiger partial charge >= 0.3 is 0 Å². The van der Waals surface area contributed by atoms with Gasteiger partial charge in [0.05, 0.1) is 13.2 Å². The molecule has 0 aliphatic carbocycles. The Balaban J connectivity index is 2.37. The molecule has 0 radical (unpaired) electrons. The van der Waals surface area contributed by atoms with Crippen molar-refractivity contribution in [3.05, 3.63) is 17.7 Å². The number of primary amides is 1. The molecule has 1 fully saturated rings. The minimum absolute atomic E-state index is 0.0981. The fraction of sp³-hybridized carbons (Fsp3) is 0.588. The van der Waals surface area contributed by atoms with Gasteiger partial charge in [0.2, 0.25) is 15.9 Å². The Morgan fingerprint density at radius 2 is 1.72 bits per heavy atom. The van der Waals surface area contributed by atoms with Crippen LogP contribution in [0.1, 0.15) is 32.3 Å². The molecule has 0 spiro atoms. The molecule has 1 aromatic rings. The van der Waals surface area contributed by atoms with Crippen molar-refractivity contribution in [3.63, 3.8) is 0 Å². The molecule has 1 heterocycles. The highest BCUT2D eigenvalue weighted by atomic mass is 32.2. The average Bonchev–Trinajstić information content (AvgIpc) is 2.57. The van der Waals surface area contributed by atoms with E-state index in [1.807, 2.05) is 13.8 Å². The molecule has 1 aromatic carbocycles. The molecule has 0 atom stereocenters. The average molecular weight is 370 g/mol. The van der Waals surface area contributed by atoms with Crippen LogP contribution in [0.5, 0.6) is 11.5 Å². The molecule has 1 aliphatic rings. The zero-order chi connectivity index (χ0) is 18.6. The van der Waals surface area contributed by atoms with Gasteiger partial charge in [0.1, 0.15) is 16.4 Å². The molecule has 2 rings (SSSR count). The molecule has 8 heteroatoms. The maximum Gasteiger partial charge on any atom is 0.246 e. The number of sulfonamides is 1. The van der Waals surface area contributed by atoms with Gasteiger partial charge < -0.3 is 15.2 Å². The summed E-state index contributed by atoms with van der Waals surface area (Å²) in [5.74, 6) is 0.202. The van der Waals surface area contributed by atoms with E-state index in [1.165, 1.54) is 10.4 Å². The van der Waals surface area contributed by atoms with E-state index in [1.54, 1.807) is 13.0 Å². The molecule has 7 nitrogen and oxygen atoms in total. The first-order chi connectivity index (χ1) is 11.8. The lowest BCUT2D eigenvalue weighted by Gasteiger charge is -2.30. The van der Waals surface area contributed by atoms with E-state index in [9.17, 15) is 13.2 Å². The number of hydrogen-bond donors (Lipinski definition) is 1. The Kier molecular flexibility index (Phi) is 6.29. The normalized spacial score (nSPS) is 16.6. The molecule has 0 saturated carbocycles. The third-order valence-corrected chi connectivity index (χ3v) is 6.23. The van der Waals surface area contributed by atoms with E-state index >= 15 is 0 Å². The van der Waals surface area contributed by atoms with Crippen molar-refractivity contribution in [1.82, 2.24) is 4.31 Å². The van der Waals surface area contributed by atoms with Crippen molar-refractivity contribution >= 4 is 15.9 Å². The standard InChI is InChI=1S/C17H26N2O5S/c1-4-23-14-11-16(15(24-5-2)10-12(14)3)25(21,22)19-8-6-13(7-9-19)17(18)20/h10-11,13H,4-9H2,1-3H3,(H2,18,20). The molecule has 0 bridgehead atoms. The topological polar surface area (TPSA) is 98.9 Å². The molecular formula is C17H26N2O5S. The van der Waals surface area contributed by atoms with Gasteiger partial charge in [0.15, 0.2) is 0 Å². The third-order valence-electron chi connectivity index (χ3n) is 4.32. The Morgan fingerprint density at radius 1 is 1.16 bits per heavy atom. The van der Waals surface area contributed by atoms with Crippen LogP contribution in [0.2, 0.25) is 0 Å². The summed E-state index contributed by atoms with van der Waals surface area (Å²) in [6.45, 7) is 6.83. The van der Waals surface area contributed by atoms with Gasteiger partial charge in [-0.3, -0.25) is 4.79 Å². The number of benzene rings is 1. The summed E-state index contributed by atoms with van der Waals surface area (Å²) in [6, 6.07) is 3.22. The van der Waals surface area contributed by atoms with E-state index in [0.717, 1.165) is 5.56 Å². The fourth-order valence-electron chi connectivity index (χ4n) is 2.94. The number of amides is 1. The minimum Gasteiger partial charge on any atom is -0.494 e. The lowest BCUT2D eigenvalue weighted by molar-refractivity contribution is -0.122. The molecule has 25 heavy (non-hydrogen) atoms. The first kappa shape index (κ1) is 19.5. The van der Waals surface area contributed by atoms with Crippen LogP contribution in [0, 0.1) is 12.8 Å². The largest absolute Gasteiger partial charge is 0.494 e. The predicted molar refractivity (Wildman–Crippen MR) is 94.2 cm³/mol. The molecule has 140 valence electrons. The SMILES string of the molecule is CCOc1cc(S(=O)(=O)N2CCC(C(N)=O)CC2)c(OCC)cc1C. The number of hydrogen-bond acceptors (Lipinski definition) is 5. The molecular weight excluding hydrogens is 344 g/mol. The van der Waals surface area contributed by atoms with Gasteiger partial charge in [-0.1, -0.05) is 0 Å². The number of carbonyl (C=O) groups is 1. The third kappa shape index (κ3) is 4.24. The zero-order valence-electron chi connectivity index (χ0n) is 14.9. The monoisotopic (exact) mass is 370 g/mol. The first-order valence-corrected chi connectivity index (χ1v) is 9.95. The maximum atomic E-state index is 13.1. The Labute approximate surface area is 149 Å². The van der Waals surface area contributed by atoms with Crippen molar-refractivity contribution in [2.75, 3.05) is 26.3 Å². The smallest absolute Gasteiger partial charge is 0.246 e. The summed E-state index contributed by atoms with van der Waals surface area (Å²) in [5, 5.41) is 0. The fourth-order valence-corrected chi connectivity index (χ4v) is 4.54. The predicted octanol–water partition coefficient (Wildman–Crippen LogP) is 1.68. The number of aryl methyl sites for hydroxylation is 1. The van der Waals surface area contributed by atoms with Crippen molar-refractivity contribution in [2.45, 2.75) is 38.5 Å². The maximum absolute atomic E-state index is 13.1. The summed E-state index contributed by atoms with van der Waals surface area (Å²) in [6.07, 6.45) is 0.866. The number of carbonyl (C=O) groups excluding carboxylic acids is 1. The van der Waals surface area contributed by atoms with Crippen molar-refractivity contribution < 1.29 is 22.7 Å². The van der Waals surface area contributed by atoms with E-state index in [4.69, 9.17) is 15.2 Å². The lowest BCUT2D eigenvalue weighted by Crippen LogP contribution is -2.41. The summed E-state index contributed by atoms with van der Waals surface area (Å²) >= 11 is 0. The number of nitrogens with zero attached hydrogens (tertiary/aromatic N) is 1. The molecule has 2 N–H and O–H groups in total. The van der Waals surface area contributed by atoms with Gasteiger partial charge in [-0.25, -0.2) is 8.42 Å². The van der Waals surface area contributed by atoms with Crippen LogP contribution in [-0.4, -0.2) is 44.9 Å². The van der Waals surface area contributed by atoms with Gasteiger partial charge in [-0.05, 0) is 45.2 Å². The van der Waals surface area contributed by atoms with Crippen molar-refractivity contribution in [2.24, 2.45) is 11.7 Å². The number of ether oxygens (including phenoxy) is 2. The number of rotatable bonds is 7. The van der Waals surface area contributed by atoms with Crippen LogP contribution >= 0.6 is 0 Å². The molecule has 0 aromatic heterocycles. The first-order valence-electron chi connectivity index (χ1n) is 8.50. The van der Waals surface area contributed by atoms with E-state index in [-0.39, 0.29) is 29.8 Å². The minimum atomic E-state index is -3.75. The highest BCUT2D eigenvalue weighted by Gasteiger charge is 2.33. The van der Waals surface area contributed by atoms with E-state index < -0.39 is 10.0 Å². The zero-order valence-corrected chi connectivity index (χ0v) is 15.8. The summed E-state index contributed by atoms with van der Waals surface area (Å²) in [5.41, 5.74) is 6.14. The summed E-state index contributed by atoms with van der Waals surface area (Å²) < 4.78 is 38.7. The Morgan fingerprint density at radius 3 is 2.24 bits per heavy atom. The van der Waals surface area contributed by atoms with Crippen molar-refractivity contribution in [3.8, 4) is 11.5 Å². The summed E-state index contributed by atoms with van der Waals surface area (Å²) in [4.78, 5) is 11.4. The second-order valence-corrected chi connectivity index (χ2v) is 7.92. The van der Waals surface area contributed by atoms with Crippen LogP contribution in [0.4, 0.5) is 0 Å².